The number of carbonyl (C=O) groups is 1. The molecule has 4 heterocycles. The minimum atomic E-state index is -0.554. The van der Waals surface area contributed by atoms with Crippen molar-refractivity contribution in [1.29, 1.82) is 5.26 Å². The molecule has 0 spiro atoms. The molecule has 9 heteroatoms. The molecule has 1 fully saturated rings. The lowest BCUT2D eigenvalue weighted by Crippen LogP contribution is -2.46. The molecule has 1 aliphatic heterocycles. The normalized spacial score (nSPS) is 13.6. The molecule has 3 aromatic heterocycles. The highest BCUT2D eigenvalue weighted by Gasteiger charge is 2.27. The van der Waals surface area contributed by atoms with Gasteiger partial charge < -0.3 is 14.2 Å². The van der Waals surface area contributed by atoms with Crippen LogP contribution in [-0.4, -0.2) is 46.4 Å². The number of fused-ring (bicyclic) bond motifs is 1. The van der Waals surface area contributed by atoms with Crippen molar-refractivity contribution in [3.8, 4) is 6.07 Å². The van der Waals surface area contributed by atoms with Gasteiger partial charge in [-0.3, -0.25) is 14.2 Å². The van der Waals surface area contributed by atoms with Gasteiger partial charge in [-0.2, -0.15) is 5.26 Å². The fourth-order valence-corrected chi connectivity index (χ4v) is 4.68. The van der Waals surface area contributed by atoms with E-state index in [0.29, 0.717) is 59.2 Å². The summed E-state index contributed by atoms with van der Waals surface area (Å²) < 4.78 is 6.73. The van der Waals surface area contributed by atoms with E-state index >= 15 is 0 Å². The number of nitriles is 1. The van der Waals surface area contributed by atoms with Crippen molar-refractivity contribution >= 4 is 39.8 Å². The van der Waals surface area contributed by atoms with Crippen LogP contribution in [0, 0.1) is 11.3 Å². The van der Waals surface area contributed by atoms with Crippen molar-refractivity contribution in [3.05, 3.63) is 99.8 Å². The Labute approximate surface area is 212 Å². The van der Waals surface area contributed by atoms with E-state index in [1.807, 2.05) is 23.1 Å². The number of pyridine rings is 2. The first-order valence-electron chi connectivity index (χ1n) is 11.4. The first-order valence-corrected chi connectivity index (χ1v) is 11.8. The second kappa shape index (κ2) is 9.72. The zero-order valence-corrected chi connectivity index (χ0v) is 20.1. The van der Waals surface area contributed by atoms with Crippen LogP contribution in [0.2, 0.25) is 5.02 Å². The molecule has 0 amide bonds. The van der Waals surface area contributed by atoms with Crippen LogP contribution in [-0.2, 0) is 6.54 Å². The average Bonchev–Trinajstić information content (AvgIpc) is 3.45. The summed E-state index contributed by atoms with van der Waals surface area (Å²) in [5.41, 5.74) is 1.46. The van der Waals surface area contributed by atoms with Crippen LogP contribution in [0.4, 0.5) is 5.69 Å². The van der Waals surface area contributed by atoms with Crippen molar-refractivity contribution in [2.24, 2.45) is 0 Å². The third-order valence-corrected chi connectivity index (χ3v) is 6.54. The molecule has 36 heavy (non-hydrogen) atoms. The van der Waals surface area contributed by atoms with Gasteiger partial charge >= 0.3 is 0 Å². The molecule has 0 aliphatic carbocycles. The zero-order valence-electron chi connectivity index (χ0n) is 19.4. The molecule has 180 valence electrons. The number of Topliss-reactive ketones (excluding diaryl/α,β-unsaturated/α-hetero) is 1. The summed E-state index contributed by atoms with van der Waals surface area (Å²) in [4.78, 5) is 34.9. The Balaban J connectivity index is 1.53. The van der Waals surface area contributed by atoms with Gasteiger partial charge in [-0.25, -0.2) is 4.98 Å². The molecule has 0 saturated carbocycles. The summed E-state index contributed by atoms with van der Waals surface area (Å²) in [7, 11) is 0. The maximum atomic E-state index is 13.5. The summed E-state index contributed by atoms with van der Waals surface area (Å²) in [6.07, 6.45) is 3.05. The van der Waals surface area contributed by atoms with E-state index in [9.17, 15) is 14.9 Å². The van der Waals surface area contributed by atoms with Gasteiger partial charge in [0.2, 0.25) is 0 Å². The summed E-state index contributed by atoms with van der Waals surface area (Å²) in [5, 5.41) is 11.0. The van der Waals surface area contributed by atoms with Gasteiger partial charge in [0.05, 0.1) is 29.2 Å². The quantitative estimate of drug-likeness (QED) is 0.367. The Hall–Kier alpha value is -4.35. The maximum Gasteiger partial charge on any atom is 0.272 e. The Morgan fingerprint density at radius 1 is 1.14 bits per heavy atom. The number of carbonyl (C=O) groups excluding carboxylic acids is 1. The summed E-state index contributed by atoms with van der Waals surface area (Å²) >= 11 is 6.29. The number of ketones is 1. The van der Waals surface area contributed by atoms with Gasteiger partial charge in [-0.05, 0) is 18.2 Å². The smallest absolute Gasteiger partial charge is 0.272 e. The molecular weight excluding hydrogens is 478 g/mol. The van der Waals surface area contributed by atoms with Crippen LogP contribution < -0.4 is 10.5 Å². The topological polar surface area (TPSA) is 95.4 Å². The van der Waals surface area contributed by atoms with Crippen molar-refractivity contribution < 1.29 is 9.21 Å². The minimum Gasteiger partial charge on any atom is -0.463 e. The Kier molecular flexibility index (Phi) is 6.32. The fraction of sp³-hybridized carbons (Fsp3) is 0.185. The van der Waals surface area contributed by atoms with Crippen LogP contribution in [0.15, 0.2) is 76.8 Å². The first-order chi connectivity index (χ1) is 17.5. The number of furan rings is 1. The van der Waals surface area contributed by atoms with E-state index in [1.165, 1.54) is 10.8 Å². The number of piperazine rings is 1. The van der Waals surface area contributed by atoms with Crippen LogP contribution in [0.5, 0.6) is 0 Å². The van der Waals surface area contributed by atoms with Gasteiger partial charge in [0.1, 0.15) is 23.0 Å². The molecule has 1 aromatic carbocycles. The number of hydrogen-bond donors (Lipinski definition) is 0. The van der Waals surface area contributed by atoms with E-state index in [4.69, 9.17) is 16.0 Å². The van der Waals surface area contributed by atoms with Crippen LogP contribution >= 0.6 is 11.6 Å². The van der Waals surface area contributed by atoms with Gasteiger partial charge in [0.15, 0.2) is 5.78 Å². The molecule has 0 N–H and O–H groups in total. The second-order valence-electron chi connectivity index (χ2n) is 8.44. The number of nitrogens with zero attached hydrogens (tertiary/aromatic N) is 5. The largest absolute Gasteiger partial charge is 0.463 e. The highest BCUT2D eigenvalue weighted by molar-refractivity contribution is 6.31. The molecule has 0 atom stereocenters. The lowest BCUT2D eigenvalue weighted by Gasteiger charge is -2.38. The molecule has 5 rings (SSSR count). The number of anilines is 1. The van der Waals surface area contributed by atoms with E-state index < -0.39 is 5.56 Å². The first kappa shape index (κ1) is 23.4. The lowest BCUT2D eigenvalue weighted by molar-refractivity contribution is 0.0972. The van der Waals surface area contributed by atoms with Crippen LogP contribution in [0.3, 0.4) is 0 Å². The number of aromatic nitrogens is 2. The predicted octanol–water partition coefficient (Wildman–Crippen LogP) is 4.19. The molecular formula is C27H22ClN5O3. The summed E-state index contributed by atoms with van der Waals surface area (Å²) in [5.74, 6) is 0.450. The molecule has 1 saturated heterocycles. The SMILES string of the molecule is C=C(c1ccco1)N1CCN(c2c(C#N)c(=O)n(CC(=O)c3ccccc3)c3ncc(Cl)cc23)CC1. The Morgan fingerprint density at radius 3 is 2.56 bits per heavy atom. The number of rotatable bonds is 6. The number of hydrogen-bond acceptors (Lipinski definition) is 7. The highest BCUT2D eigenvalue weighted by Crippen LogP contribution is 2.31. The van der Waals surface area contributed by atoms with Gasteiger partial charge in [-0.1, -0.05) is 48.5 Å². The molecule has 1 aliphatic rings. The van der Waals surface area contributed by atoms with Gasteiger partial charge in [0, 0.05) is 43.3 Å². The van der Waals surface area contributed by atoms with Crippen molar-refractivity contribution in [2.45, 2.75) is 6.54 Å². The van der Waals surface area contributed by atoms with Crippen LogP contribution in [0.1, 0.15) is 21.7 Å². The van der Waals surface area contributed by atoms with E-state index in [0.717, 1.165) is 5.70 Å². The average molecular weight is 500 g/mol. The fourth-order valence-electron chi connectivity index (χ4n) is 4.52. The molecule has 0 radical (unpaired) electrons. The third kappa shape index (κ3) is 4.25. The van der Waals surface area contributed by atoms with Gasteiger partial charge in [0.25, 0.3) is 5.56 Å². The summed E-state index contributed by atoms with van der Waals surface area (Å²) in [6, 6.07) is 16.2. The predicted molar refractivity (Wildman–Crippen MR) is 138 cm³/mol. The van der Waals surface area contributed by atoms with Crippen molar-refractivity contribution in [3.63, 3.8) is 0 Å². The number of benzene rings is 1. The van der Waals surface area contributed by atoms with Crippen molar-refractivity contribution in [2.75, 3.05) is 31.1 Å². The maximum absolute atomic E-state index is 13.5. The molecule has 0 bridgehead atoms. The van der Waals surface area contributed by atoms with Crippen molar-refractivity contribution in [1.82, 2.24) is 14.5 Å². The van der Waals surface area contributed by atoms with E-state index in [2.05, 4.69) is 22.5 Å². The van der Waals surface area contributed by atoms with Crippen LogP contribution in [0.25, 0.3) is 16.7 Å². The van der Waals surface area contributed by atoms with Gasteiger partial charge in [-0.15, -0.1) is 0 Å². The monoisotopic (exact) mass is 499 g/mol. The van der Waals surface area contributed by atoms with E-state index in [1.54, 1.807) is 36.6 Å². The zero-order chi connectivity index (χ0) is 25.2. The second-order valence-corrected chi connectivity index (χ2v) is 8.88. The Bertz CT molecular complexity index is 1550. The Morgan fingerprint density at radius 2 is 1.89 bits per heavy atom. The summed E-state index contributed by atoms with van der Waals surface area (Å²) in [6.45, 7) is 6.23. The highest BCUT2D eigenvalue weighted by atomic mass is 35.5. The standard InChI is InChI=1S/C27H22ClN5O3/c1-18(24-8-5-13-36-24)31-9-11-32(12-10-31)25-21-14-20(28)16-30-26(21)33(27(35)22(25)15-29)17-23(34)19-6-3-2-4-7-19/h2-8,13-14,16H,1,9-12,17H2. The third-order valence-electron chi connectivity index (χ3n) is 6.33. The molecule has 4 aromatic rings. The minimum absolute atomic E-state index is 0.0364. The number of halogens is 1. The van der Waals surface area contributed by atoms with E-state index in [-0.39, 0.29) is 17.9 Å². The molecule has 0 unspecified atom stereocenters. The lowest BCUT2D eigenvalue weighted by atomic mass is 10.1. The molecule has 8 nitrogen and oxygen atoms in total.